The standard InChI is InChI=1S/C6H14N2O2/c1-3-4-10-8-6(9)5(2)7/h5H,3-4,7H2,1-2H3,(H,8,9)/t5-/m0/s1. The van der Waals surface area contributed by atoms with E-state index in [0.29, 0.717) is 6.61 Å². The second kappa shape index (κ2) is 5.20. The maximum absolute atomic E-state index is 10.7. The molecule has 0 saturated heterocycles. The maximum Gasteiger partial charge on any atom is 0.260 e. The third-order valence-corrected chi connectivity index (χ3v) is 0.893. The van der Waals surface area contributed by atoms with Gasteiger partial charge in [-0.25, -0.2) is 5.48 Å². The molecule has 4 nitrogen and oxygen atoms in total. The zero-order valence-electron chi connectivity index (χ0n) is 6.39. The van der Waals surface area contributed by atoms with Crippen LogP contribution in [0.1, 0.15) is 20.3 Å². The normalized spacial score (nSPS) is 12.7. The van der Waals surface area contributed by atoms with Crippen LogP contribution in [0.15, 0.2) is 0 Å². The van der Waals surface area contributed by atoms with Crippen molar-refractivity contribution in [3.63, 3.8) is 0 Å². The smallest absolute Gasteiger partial charge is 0.260 e. The van der Waals surface area contributed by atoms with Crippen molar-refractivity contribution in [2.45, 2.75) is 26.3 Å². The number of amides is 1. The van der Waals surface area contributed by atoms with E-state index in [9.17, 15) is 4.79 Å². The lowest BCUT2D eigenvalue weighted by Crippen LogP contribution is -2.38. The summed E-state index contributed by atoms with van der Waals surface area (Å²) in [5.41, 5.74) is 7.45. The van der Waals surface area contributed by atoms with Crippen LogP contribution in [0, 0.1) is 0 Å². The van der Waals surface area contributed by atoms with Gasteiger partial charge in [0, 0.05) is 0 Å². The molecule has 0 radical (unpaired) electrons. The van der Waals surface area contributed by atoms with Crippen molar-refractivity contribution >= 4 is 5.91 Å². The van der Waals surface area contributed by atoms with Crippen LogP contribution < -0.4 is 11.2 Å². The highest BCUT2D eigenvalue weighted by atomic mass is 16.6. The monoisotopic (exact) mass is 146 g/mol. The van der Waals surface area contributed by atoms with Crippen LogP contribution >= 0.6 is 0 Å². The molecule has 0 spiro atoms. The fraction of sp³-hybridized carbons (Fsp3) is 0.833. The van der Waals surface area contributed by atoms with E-state index in [1.807, 2.05) is 6.92 Å². The van der Waals surface area contributed by atoms with Crippen LogP contribution in [0.25, 0.3) is 0 Å². The predicted octanol–water partition coefficient (Wildman–Crippen LogP) is -0.209. The van der Waals surface area contributed by atoms with Gasteiger partial charge in [0.2, 0.25) is 0 Å². The fourth-order valence-electron chi connectivity index (χ4n) is 0.317. The van der Waals surface area contributed by atoms with Gasteiger partial charge in [-0.15, -0.1) is 0 Å². The first kappa shape index (κ1) is 9.39. The molecule has 10 heavy (non-hydrogen) atoms. The lowest BCUT2D eigenvalue weighted by molar-refractivity contribution is -0.134. The van der Waals surface area contributed by atoms with E-state index in [-0.39, 0.29) is 5.91 Å². The van der Waals surface area contributed by atoms with Crippen molar-refractivity contribution in [3.8, 4) is 0 Å². The highest BCUT2D eigenvalue weighted by Gasteiger charge is 2.04. The summed E-state index contributed by atoms with van der Waals surface area (Å²) in [5.74, 6) is -0.284. The highest BCUT2D eigenvalue weighted by molar-refractivity contribution is 5.79. The molecule has 1 atom stereocenters. The average Bonchev–Trinajstić information content (AvgIpc) is 1.88. The van der Waals surface area contributed by atoms with E-state index in [1.165, 1.54) is 0 Å². The summed E-state index contributed by atoms with van der Waals surface area (Å²) in [5, 5.41) is 0. The third kappa shape index (κ3) is 4.29. The van der Waals surface area contributed by atoms with E-state index in [4.69, 9.17) is 10.6 Å². The Kier molecular flexibility index (Phi) is 4.88. The van der Waals surface area contributed by atoms with Crippen molar-refractivity contribution in [2.75, 3.05) is 6.61 Å². The number of nitrogens with two attached hydrogens (primary N) is 1. The van der Waals surface area contributed by atoms with Gasteiger partial charge in [0.25, 0.3) is 5.91 Å². The van der Waals surface area contributed by atoms with Crippen LogP contribution in [-0.2, 0) is 9.63 Å². The summed E-state index contributed by atoms with van der Waals surface area (Å²) in [4.78, 5) is 15.4. The topological polar surface area (TPSA) is 64.3 Å². The largest absolute Gasteiger partial charge is 0.320 e. The Labute approximate surface area is 60.7 Å². The second-order valence-corrected chi connectivity index (χ2v) is 2.10. The van der Waals surface area contributed by atoms with Crippen LogP contribution in [-0.4, -0.2) is 18.6 Å². The molecule has 0 rings (SSSR count). The van der Waals surface area contributed by atoms with Crippen molar-refractivity contribution in [1.29, 1.82) is 0 Å². The molecule has 0 aliphatic rings. The summed E-state index contributed by atoms with van der Waals surface area (Å²) >= 11 is 0. The first-order chi connectivity index (χ1) is 4.68. The molecular formula is C6H14N2O2. The lowest BCUT2D eigenvalue weighted by atomic mass is 10.4. The van der Waals surface area contributed by atoms with Crippen molar-refractivity contribution in [2.24, 2.45) is 5.73 Å². The second-order valence-electron chi connectivity index (χ2n) is 2.10. The molecule has 0 bridgehead atoms. The Morgan fingerprint density at radius 1 is 1.80 bits per heavy atom. The Bertz CT molecular complexity index is 104. The molecule has 0 unspecified atom stereocenters. The van der Waals surface area contributed by atoms with E-state index in [2.05, 4.69) is 5.48 Å². The summed E-state index contributed by atoms with van der Waals surface area (Å²) < 4.78 is 0. The first-order valence-corrected chi connectivity index (χ1v) is 3.35. The molecule has 0 aromatic rings. The molecule has 4 heteroatoms. The molecule has 3 N–H and O–H groups in total. The maximum atomic E-state index is 10.7. The summed E-state index contributed by atoms with van der Waals surface area (Å²) in [6, 6.07) is -0.503. The SMILES string of the molecule is CCCONC(=O)[C@H](C)N. The Hall–Kier alpha value is -0.610. The van der Waals surface area contributed by atoms with Gasteiger partial charge >= 0.3 is 0 Å². The van der Waals surface area contributed by atoms with Crippen LogP contribution in [0.3, 0.4) is 0 Å². The number of carbonyl (C=O) groups is 1. The van der Waals surface area contributed by atoms with Crippen molar-refractivity contribution in [1.82, 2.24) is 5.48 Å². The van der Waals surface area contributed by atoms with E-state index in [0.717, 1.165) is 6.42 Å². The van der Waals surface area contributed by atoms with Gasteiger partial charge in [0.15, 0.2) is 0 Å². The van der Waals surface area contributed by atoms with E-state index < -0.39 is 6.04 Å². The number of rotatable bonds is 4. The average molecular weight is 146 g/mol. The van der Waals surface area contributed by atoms with Gasteiger partial charge < -0.3 is 5.73 Å². The summed E-state index contributed by atoms with van der Waals surface area (Å²) in [7, 11) is 0. The van der Waals surface area contributed by atoms with E-state index in [1.54, 1.807) is 6.92 Å². The Balaban J connectivity index is 3.22. The minimum Gasteiger partial charge on any atom is -0.320 e. The predicted molar refractivity (Wildman–Crippen MR) is 38.0 cm³/mol. The Morgan fingerprint density at radius 3 is 2.80 bits per heavy atom. The molecule has 60 valence electrons. The molecule has 0 aromatic heterocycles. The van der Waals surface area contributed by atoms with Crippen LogP contribution in [0.5, 0.6) is 0 Å². The van der Waals surface area contributed by atoms with Crippen LogP contribution in [0.2, 0.25) is 0 Å². The Morgan fingerprint density at radius 2 is 2.40 bits per heavy atom. The molecule has 0 aliphatic carbocycles. The molecule has 0 heterocycles. The molecule has 0 aliphatic heterocycles. The van der Waals surface area contributed by atoms with E-state index >= 15 is 0 Å². The molecule has 0 saturated carbocycles. The quantitative estimate of drug-likeness (QED) is 0.426. The van der Waals surface area contributed by atoms with Gasteiger partial charge in [-0.05, 0) is 13.3 Å². The number of nitrogens with one attached hydrogen (secondary N) is 1. The molecule has 0 aromatic carbocycles. The first-order valence-electron chi connectivity index (χ1n) is 3.35. The van der Waals surface area contributed by atoms with Gasteiger partial charge in [-0.2, -0.15) is 0 Å². The van der Waals surface area contributed by atoms with Gasteiger partial charge in [0.05, 0.1) is 12.6 Å². The molecule has 0 fully saturated rings. The van der Waals surface area contributed by atoms with Crippen molar-refractivity contribution in [3.05, 3.63) is 0 Å². The highest BCUT2D eigenvalue weighted by Crippen LogP contribution is 1.78. The third-order valence-electron chi connectivity index (χ3n) is 0.893. The number of hydrogen-bond acceptors (Lipinski definition) is 3. The lowest BCUT2D eigenvalue weighted by Gasteiger charge is -2.05. The fourth-order valence-corrected chi connectivity index (χ4v) is 0.317. The number of carbonyl (C=O) groups excluding carboxylic acids is 1. The molecular weight excluding hydrogens is 132 g/mol. The van der Waals surface area contributed by atoms with Crippen LogP contribution in [0.4, 0.5) is 0 Å². The zero-order chi connectivity index (χ0) is 7.98. The zero-order valence-corrected chi connectivity index (χ0v) is 6.39. The molecule has 1 amide bonds. The minimum absolute atomic E-state index is 0.284. The number of hydrogen-bond donors (Lipinski definition) is 2. The minimum atomic E-state index is -0.503. The summed E-state index contributed by atoms with van der Waals surface area (Å²) in [6.45, 7) is 4.08. The van der Waals surface area contributed by atoms with Gasteiger partial charge in [-0.1, -0.05) is 6.92 Å². The van der Waals surface area contributed by atoms with Gasteiger partial charge in [0.1, 0.15) is 0 Å². The number of hydroxylamine groups is 1. The van der Waals surface area contributed by atoms with Gasteiger partial charge in [-0.3, -0.25) is 9.63 Å². The van der Waals surface area contributed by atoms with Crippen molar-refractivity contribution < 1.29 is 9.63 Å². The summed E-state index contributed by atoms with van der Waals surface area (Å²) in [6.07, 6.45) is 0.874.